The van der Waals surface area contributed by atoms with Crippen LogP contribution in [-0.2, 0) is 9.13 Å². The van der Waals surface area contributed by atoms with Crippen LogP contribution in [-0.4, -0.2) is 32.8 Å². The third-order valence-corrected chi connectivity index (χ3v) is 0. The molecule has 0 aliphatic rings. The summed E-state index contributed by atoms with van der Waals surface area (Å²) in [6.07, 6.45) is 0. The van der Waals surface area contributed by atoms with Crippen LogP contribution < -0.4 is 0 Å². The van der Waals surface area contributed by atoms with Crippen molar-refractivity contribution in [2.75, 3.05) is 0 Å². The second-order valence-electron chi connectivity index (χ2n) is 0.163. The molecule has 0 saturated carbocycles. The maximum Gasteiger partial charge on any atom is 2.00 e. The van der Waals surface area contributed by atoms with Gasteiger partial charge < -0.3 is 9.79 Å². The fraction of sp³-hybridized carbons (Fsp3) is 0. The number of hydrogen-bond donors (Lipinski definition) is 2. The Kier molecular flexibility index (Phi) is 64.1. The first-order valence-electron chi connectivity index (χ1n) is 0.765. The molecule has 0 spiro atoms. The summed E-state index contributed by atoms with van der Waals surface area (Å²) in [5, 5.41) is 0. The van der Waals surface area contributed by atoms with Crippen LogP contribution in [0, 0.1) is 0 Å². The minimum atomic E-state index is -0.833. The van der Waals surface area contributed by atoms with Gasteiger partial charge in [0.05, 0.1) is 0 Å². The average Bonchev–Trinajstić information content (AvgIpc) is 1.39. The van der Waals surface area contributed by atoms with Crippen LogP contribution in [0.4, 0.5) is 0 Å². The summed E-state index contributed by atoms with van der Waals surface area (Å²) in [6.45, 7) is 0. The van der Waals surface area contributed by atoms with Crippen LogP contribution in [0.15, 0.2) is 0 Å². The molecule has 0 aromatic carbocycles. The zero-order valence-corrected chi connectivity index (χ0v) is 6.52. The van der Waals surface area contributed by atoms with E-state index in [1.165, 1.54) is 0 Å². The molecule has 2 N–H and O–H groups in total. The summed E-state index contributed by atoms with van der Waals surface area (Å²) in [4.78, 5) is 14.0. The molecule has 4 nitrogen and oxygen atoms in total. The molecule has 0 bridgehead atoms. The van der Waals surface area contributed by atoms with E-state index in [9.17, 15) is 0 Å². The largest absolute Gasteiger partial charge is 2.00 e. The molecule has 36 valence electrons. The minimum Gasteiger partial charge on any atom is -0.310 e. The molecule has 0 aliphatic heterocycles. The predicted octanol–water partition coefficient (Wildman–Crippen LogP) is -0.0100. The topological polar surface area (TPSA) is 74.6 Å². The Morgan fingerprint density at radius 2 is 1.00 bits per heavy atom. The SMILES string of the molecule is O=PO.O=PO.[Mg+2]. The van der Waals surface area contributed by atoms with Crippen LogP contribution >= 0.6 is 17.4 Å². The van der Waals surface area contributed by atoms with Crippen molar-refractivity contribution in [3.05, 3.63) is 0 Å². The van der Waals surface area contributed by atoms with Gasteiger partial charge in [-0.15, -0.1) is 0 Å². The normalized spacial score (nSPS) is 6.00. The van der Waals surface area contributed by atoms with Crippen molar-refractivity contribution in [2.45, 2.75) is 0 Å². The zero-order chi connectivity index (χ0) is 5.41. The smallest absolute Gasteiger partial charge is 0.310 e. The first-order chi connectivity index (χ1) is 2.83. The van der Waals surface area contributed by atoms with E-state index in [0.717, 1.165) is 0 Å². The van der Waals surface area contributed by atoms with Crippen LogP contribution in [0.1, 0.15) is 0 Å². The summed E-state index contributed by atoms with van der Waals surface area (Å²) in [5.41, 5.74) is 0. The summed E-state index contributed by atoms with van der Waals surface area (Å²) >= 11 is 0. The van der Waals surface area contributed by atoms with Gasteiger partial charge in [-0.1, -0.05) is 0 Å². The molecule has 0 aromatic heterocycles. The van der Waals surface area contributed by atoms with E-state index in [0.29, 0.717) is 0 Å². The fourth-order valence-corrected chi connectivity index (χ4v) is 0. The molecule has 0 rings (SSSR count). The summed E-state index contributed by atoms with van der Waals surface area (Å²) in [6, 6.07) is 0. The molecule has 0 atom stereocenters. The van der Waals surface area contributed by atoms with Crippen molar-refractivity contribution < 1.29 is 18.9 Å². The molecule has 0 unspecified atom stereocenters. The Morgan fingerprint density at radius 1 is 1.00 bits per heavy atom. The van der Waals surface area contributed by atoms with Crippen LogP contribution in [0.2, 0.25) is 0 Å². The third-order valence-electron chi connectivity index (χ3n) is 0. The Bertz CT molecular complexity index is 30.7. The first kappa shape index (κ1) is 15.7. The van der Waals surface area contributed by atoms with E-state index in [4.69, 9.17) is 18.9 Å². The molecule has 0 aromatic rings. The van der Waals surface area contributed by atoms with E-state index in [1.54, 1.807) is 0 Å². The molecular formula is H2MgO4P2+2. The van der Waals surface area contributed by atoms with Gasteiger partial charge in [0.25, 0.3) is 0 Å². The maximum atomic E-state index is 8.46. The molecule has 7 heavy (non-hydrogen) atoms. The quantitative estimate of drug-likeness (QED) is 0.378. The van der Waals surface area contributed by atoms with Gasteiger partial charge in [-0.3, -0.25) is 0 Å². The molecule has 0 fully saturated rings. The van der Waals surface area contributed by atoms with Crippen molar-refractivity contribution in [3.63, 3.8) is 0 Å². The molecule has 0 aliphatic carbocycles. The van der Waals surface area contributed by atoms with Crippen LogP contribution in [0.3, 0.4) is 0 Å². The van der Waals surface area contributed by atoms with Crippen molar-refractivity contribution in [2.24, 2.45) is 0 Å². The molecular weight excluding hydrogens is 150 g/mol. The Labute approximate surface area is 59.7 Å². The standard InChI is InChI=1S/Mg.2HO2P/c;2*1-3-2/h;2*(H,1,2)/q+2;;. The van der Waals surface area contributed by atoms with Crippen LogP contribution in [0.5, 0.6) is 0 Å². The predicted molar refractivity (Wildman–Crippen MR) is 25.4 cm³/mol. The molecule has 7 heteroatoms. The Hall–Kier alpha value is 0.886. The zero-order valence-electron chi connectivity index (χ0n) is 3.31. The van der Waals surface area contributed by atoms with Crippen molar-refractivity contribution in [1.82, 2.24) is 0 Å². The van der Waals surface area contributed by atoms with E-state index < -0.39 is 17.4 Å². The fourth-order valence-electron chi connectivity index (χ4n) is 0. The van der Waals surface area contributed by atoms with Gasteiger partial charge in [-0.05, 0) is 0 Å². The minimum absolute atomic E-state index is 0. The molecule has 0 heterocycles. The van der Waals surface area contributed by atoms with Gasteiger partial charge >= 0.3 is 40.4 Å². The Balaban J connectivity index is -0.0000000400. The van der Waals surface area contributed by atoms with E-state index in [1.807, 2.05) is 0 Å². The van der Waals surface area contributed by atoms with E-state index in [-0.39, 0.29) is 23.1 Å². The number of rotatable bonds is 0. The van der Waals surface area contributed by atoms with Gasteiger partial charge in [-0.2, -0.15) is 0 Å². The van der Waals surface area contributed by atoms with Gasteiger partial charge in [0, 0.05) is 0 Å². The van der Waals surface area contributed by atoms with Crippen molar-refractivity contribution in [1.29, 1.82) is 0 Å². The third kappa shape index (κ3) is 209. The summed E-state index contributed by atoms with van der Waals surface area (Å²) in [5.74, 6) is 0. The number of hydrogen-bond acceptors (Lipinski definition) is 2. The first-order valence-corrected chi connectivity index (χ1v) is 2.30. The summed E-state index contributed by atoms with van der Waals surface area (Å²) in [7, 11) is -1.67. The van der Waals surface area contributed by atoms with Gasteiger partial charge in [0.1, 0.15) is 0 Å². The van der Waals surface area contributed by atoms with E-state index in [2.05, 4.69) is 0 Å². The van der Waals surface area contributed by atoms with Gasteiger partial charge in [0.2, 0.25) is 0 Å². The second kappa shape index (κ2) is 28.6. The second-order valence-corrected chi connectivity index (χ2v) is 0.490. The Morgan fingerprint density at radius 3 is 1.00 bits per heavy atom. The van der Waals surface area contributed by atoms with E-state index >= 15 is 0 Å². The van der Waals surface area contributed by atoms with Crippen molar-refractivity contribution >= 4 is 40.4 Å². The molecule has 0 saturated heterocycles. The molecule has 0 amide bonds. The molecule has 0 radical (unpaired) electrons. The van der Waals surface area contributed by atoms with Crippen molar-refractivity contribution in [3.8, 4) is 0 Å². The van der Waals surface area contributed by atoms with Gasteiger partial charge in [-0.25, -0.2) is 9.13 Å². The van der Waals surface area contributed by atoms with Gasteiger partial charge in [0.15, 0.2) is 0 Å². The summed E-state index contributed by atoms with van der Waals surface area (Å²) < 4.78 is 16.9. The monoisotopic (exact) mass is 152 g/mol. The maximum absolute atomic E-state index is 8.46. The van der Waals surface area contributed by atoms with Crippen LogP contribution in [0.25, 0.3) is 0 Å². The average molecular weight is 152 g/mol.